The second-order valence-corrected chi connectivity index (χ2v) is 9.44. The summed E-state index contributed by atoms with van der Waals surface area (Å²) in [6.45, 7) is 5.28. The van der Waals surface area contributed by atoms with Gasteiger partial charge in [-0.05, 0) is 48.7 Å². The molecule has 9 nitrogen and oxygen atoms in total. The minimum Gasteiger partial charge on any atom is -0.497 e. The van der Waals surface area contributed by atoms with Gasteiger partial charge in [0.1, 0.15) is 23.1 Å². The van der Waals surface area contributed by atoms with E-state index >= 15 is 0 Å². The zero-order valence-corrected chi connectivity index (χ0v) is 21.1. The van der Waals surface area contributed by atoms with E-state index in [1.807, 2.05) is 30.6 Å². The molecule has 2 saturated heterocycles. The molecule has 37 heavy (non-hydrogen) atoms. The number of benzene rings is 1. The molecule has 3 aromatic heterocycles. The Balaban J connectivity index is 1.42. The molecule has 0 atom stereocenters. The first-order valence-corrected chi connectivity index (χ1v) is 12.9. The number of ether oxygens (including phenoxy) is 3. The number of hydrogen-bond donors (Lipinski definition) is 1. The van der Waals surface area contributed by atoms with E-state index in [2.05, 4.69) is 44.1 Å². The number of fused-ring (bicyclic) bond motifs is 1. The van der Waals surface area contributed by atoms with Crippen molar-refractivity contribution >= 4 is 22.5 Å². The molecular formula is C28H32N6O3. The van der Waals surface area contributed by atoms with Gasteiger partial charge in [-0.2, -0.15) is 5.10 Å². The molecule has 0 amide bonds. The molecule has 4 aromatic rings. The van der Waals surface area contributed by atoms with Crippen LogP contribution in [0.1, 0.15) is 18.4 Å². The number of aromatic nitrogens is 4. The average molecular weight is 501 g/mol. The molecule has 2 fully saturated rings. The van der Waals surface area contributed by atoms with Gasteiger partial charge in [-0.1, -0.05) is 12.1 Å². The van der Waals surface area contributed by atoms with Crippen LogP contribution in [0.5, 0.6) is 5.75 Å². The fraction of sp³-hybridized carbons (Fsp3) is 0.393. The molecular weight excluding hydrogens is 468 g/mol. The topological polar surface area (TPSA) is 86.6 Å². The zero-order valence-electron chi connectivity index (χ0n) is 21.1. The molecule has 6 rings (SSSR count). The molecule has 192 valence electrons. The largest absolute Gasteiger partial charge is 0.497 e. The third-order valence-corrected chi connectivity index (χ3v) is 7.07. The fourth-order valence-electron chi connectivity index (χ4n) is 5.03. The van der Waals surface area contributed by atoms with Crippen LogP contribution in [0.3, 0.4) is 0 Å². The van der Waals surface area contributed by atoms with Gasteiger partial charge in [-0.15, -0.1) is 0 Å². The maximum atomic E-state index is 5.57. The monoisotopic (exact) mass is 500 g/mol. The van der Waals surface area contributed by atoms with Gasteiger partial charge >= 0.3 is 0 Å². The van der Waals surface area contributed by atoms with E-state index in [1.165, 1.54) is 0 Å². The van der Waals surface area contributed by atoms with Crippen molar-refractivity contribution in [3.8, 4) is 17.0 Å². The first-order chi connectivity index (χ1) is 18.3. The Kier molecular flexibility index (Phi) is 6.88. The average Bonchev–Trinajstić information content (AvgIpc) is 3.34. The first-order valence-electron chi connectivity index (χ1n) is 12.9. The highest BCUT2D eigenvalue weighted by Crippen LogP contribution is 2.35. The lowest BCUT2D eigenvalue weighted by Gasteiger charge is -2.28. The minimum atomic E-state index is 0.325. The molecule has 2 aliphatic heterocycles. The van der Waals surface area contributed by atoms with Crippen molar-refractivity contribution < 1.29 is 14.2 Å². The number of pyridine rings is 2. The van der Waals surface area contributed by atoms with Crippen LogP contribution < -0.4 is 15.0 Å². The van der Waals surface area contributed by atoms with E-state index in [9.17, 15) is 0 Å². The van der Waals surface area contributed by atoms with E-state index in [-0.39, 0.29) is 0 Å². The van der Waals surface area contributed by atoms with E-state index in [0.29, 0.717) is 25.8 Å². The molecule has 5 heterocycles. The summed E-state index contributed by atoms with van der Waals surface area (Å²) in [6, 6.07) is 14.7. The quantitative estimate of drug-likeness (QED) is 0.408. The summed E-state index contributed by atoms with van der Waals surface area (Å²) >= 11 is 0. The van der Waals surface area contributed by atoms with Gasteiger partial charge in [0.25, 0.3) is 0 Å². The second-order valence-electron chi connectivity index (χ2n) is 9.44. The van der Waals surface area contributed by atoms with Crippen molar-refractivity contribution in [1.29, 1.82) is 0 Å². The first kappa shape index (κ1) is 23.7. The lowest BCUT2D eigenvalue weighted by atomic mass is 10.1. The van der Waals surface area contributed by atoms with Crippen molar-refractivity contribution in [2.24, 2.45) is 0 Å². The SMILES string of the molecule is COc1ccc(Cn2nc(-c3ccnc(N4CCOCC4)c3)c3c(NC4CCOCC4)nccc32)cc1. The van der Waals surface area contributed by atoms with Crippen LogP contribution in [0.4, 0.5) is 11.6 Å². The molecule has 9 heteroatoms. The number of hydrogen-bond acceptors (Lipinski definition) is 8. The Hall–Kier alpha value is -3.69. The third-order valence-electron chi connectivity index (χ3n) is 7.07. The minimum absolute atomic E-state index is 0.325. The maximum absolute atomic E-state index is 5.57. The van der Waals surface area contributed by atoms with E-state index in [1.54, 1.807) is 7.11 Å². The van der Waals surface area contributed by atoms with Crippen molar-refractivity contribution in [3.05, 3.63) is 60.4 Å². The van der Waals surface area contributed by atoms with Crippen LogP contribution >= 0.6 is 0 Å². The van der Waals surface area contributed by atoms with Gasteiger partial charge in [0.15, 0.2) is 0 Å². The number of methoxy groups -OCH3 is 1. The fourth-order valence-corrected chi connectivity index (χ4v) is 5.03. The third kappa shape index (κ3) is 5.10. The van der Waals surface area contributed by atoms with Crippen molar-refractivity contribution in [2.45, 2.75) is 25.4 Å². The molecule has 0 spiro atoms. The van der Waals surface area contributed by atoms with Crippen LogP contribution in [0.15, 0.2) is 54.9 Å². The van der Waals surface area contributed by atoms with E-state index in [0.717, 1.165) is 84.3 Å². The number of rotatable bonds is 7. The van der Waals surface area contributed by atoms with Crippen LogP contribution in [0.25, 0.3) is 22.2 Å². The van der Waals surface area contributed by atoms with Gasteiger partial charge in [0.2, 0.25) is 0 Å². The molecule has 0 saturated carbocycles. The normalized spacial score (nSPS) is 16.7. The number of nitrogens with one attached hydrogen (secondary N) is 1. The second kappa shape index (κ2) is 10.7. The maximum Gasteiger partial charge on any atom is 0.137 e. The summed E-state index contributed by atoms with van der Waals surface area (Å²) in [5, 5.41) is 9.88. The van der Waals surface area contributed by atoms with Gasteiger partial charge in [0.05, 0.1) is 37.8 Å². The summed E-state index contributed by atoms with van der Waals surface area (Å²) < 4.78 is 18.5. The van der Waals surface area contributed by atoms with Crippen LogP contribution in [0.2, 0.25) is 0 Å². The van der Waals surface area contributed by atoms with Crippen molar-refractivity contribution in [2.75, 3.05) is 56.8 Å². The number of nitrogens with zero attached hydrogens (tertiary/aromatic N) is 5. The van der Waals surface area contributed by atoms with Gasteiger partial charge in [-0.25, -0.2) is 9.97 Å². The smallest absolute Gasteiger partial charge is 0.137 e. The molecule has 0 unspecified atom stereocenters. The highest BCUT2D eigenvalue weighted by atomic mass is 16.5. The number of morpholine rings is 1. The molecule has 0 aliphatic carbocycles. The lowest BCUT2D eigenvalue weighted by molar-refractivity contribution is 0.0904. The Morgan fingerprint density at radius 1 is 0.946 bits per heavy atom. The van der Waals surface area contributed by atoms with Crippen LogP contribution in [-0.4, -0.2) is 72.4 Å². The molecule has 2 aliphatic rings. The summed E-state index contributed by atoms with van der Waals surface area (Å²) in [5.41, 5.74) is 4.12. The predicted molar refractivity (Wildman–Crippen MR) is 143 cm³/mol. The van der Waals surface area contributed by atoms with E-state index < -0.39 is 0 Å². The molecule has 0 bridgehead atoms. The lowest BCUT2D eigenvalue weighted by Crippen LogP contribution is -2.36. The zero-order chi connectivity index (χ0) is 25.0. The van der Waals surface area contributed by atoms with Crippen LogP contribution in [-0.2, 0) is 16.0 Å². The molecule has 1 N–H and O–H groups in total. The summed E-state index contributed by atoms with van der Waals surface area (Å²) in [4.78, 5) is 11.7. The van der Waals surface area contributed by atoms with Crippen molar-refractivity contribution in [3.63, 3.8) is 0 Å². The Morgan fingerprint density at radius 3 is 2.49 bits per heavy atom. The number of anilines is 2. The highest BCUT2D eigenvalue weighted by molar-refractivity contribution is 6.01. The van der Waals surface area contributed by atoms with Gasteiger partial charge in [-0.3, -0.25) is 4.68 Å². The Bertz CT molecular complexity index is 1340. The van der Waals surface area contributed by atoms with E-state index in [4.69, 9.17) is 24.3 Å². The highest BCUT2D eigenvalue weighted by Gasteiger charge is 2.22. The predicted octanol–water partition coefficient (Wildman–Crippen LogP) is 3.98. The molecule has 0 radical (unpaired) electrons. The van der Waals surface area contributed by atoms with Gasteiger partial charge in [0, 0.05) is 50.3 Å². The summed E-state index contributed by atoms with van der Waals surface area (Å²) in [6.07, 6.45) is 5.66. The van der Waals surface area contributed by atoms with Gasteiger partial charge < -0.3 is 24.4 Å². The van der Waals surface area contributed by atoms with Crippen LogP contribution in [0, 0.1) is 0 Å². The van der Waals surface area contributed by atoms with Crippen molar-refractivity contribution in [1.82, 2.24) is 19.7 Å². The molecule has 1 aromatic carbocycles. The summed E-state index contributed by atoms with van der Waals surface area (Å²) in [7, 11) is 1.68. The Morgan fingerprint density at radius 2 is 1.70 bits per heavy atom. The Labute approximate surface area is 216 Å². The standard InChI is InChI=1S/C28H32N6O3/c1-35-23-4-2-20(3-5-23)19-34-24-7-11-30-28(31-22-8-14-36-15-9-22)26(24)27(32-34)21-6-10-29-25(18-21)33-12-16-37-17-13-33/h2-7,10-11,18,22H,8-9,12-17,19H2,1H3,(H,30,31). The summed E-state index contributed by atoms with van der Waals surface area (Å²) in [5.74, 6) is 2.65.